The van der Waals surface area contributed by atoms with Crippen molar-refractivity contribution in [2.24, 2.45) is 5.73 Å². The Hall–Kier alpha value is -4.22. The van der Waals surface area contributed by atoms with E-state index in [4.69, 9.17) is 5.73 Å². The summed E-state index contributed by atoms with van der Waals surface area (Å²) in [5.41, 5.74) is 8.05. The van der Waals surface area contributed by atoms with Crippen LogP contribution in [0.2, 0.25) is 0 Å². The van der Waals surface area contributed by atoms with Gasteiger partial charge in [-0.2, -0.15) is 0 Å². The van der Waals surface area contributed by atoms with Gasteiger partial charge in [-0.25, -0.2) is 4.79 Å². The molecule has 8 N–H and O–H groups in total. The van der Waals surface area contributed by atoms with Crippen molar-refractivity contribution < 1.29 is 29.4 Å². The molecule has 0 saturated carbocycles. The number of benzene rings is 2. The summed E-state index contributed by atoms with van der Waals surface area (Å²) < 4.78 is 0. The van der Waals surface area contributed by atoms with Crippen LogP contribution >= 0.6 is 0 Å². The second-order valence-electron chi connectivity index (χ2n) is 8.76. The van der Waals surface area contributed by atoms with Crippen molar-refractivity contribution >= 4 is 34.6 Å². The van der Waals surface area contributed by atoms with Crippen molar-refractivity contribution in [1.82, 2.24) is 20.9 Å². The van der Waals surface area contributed by atoms with E-state index in [0.717, 1.165) is 22.0 Å². The molecule has 4 atom stereocenters. The molecule has 0 fully saturated rings. The summed E-state index contributed by atoms with van der Waals surface area (Å²) in [5.74, 6) is -3.30. The number of aliphatic hydroxyl groups excluding tert-OH is 1. The zero-order valence-corrected chi connectivity index (χ0v) is 20.3. The minimum absolute atomic E-state index is 0.0757. The predicted molar refractivity (Wildman–Crippen MR) is 136 cm³/mol. The minimum atomic E-state index is -1.25. The van der Waals surface area contributed by atoms with E-state index in [1.807, 2.05) is 24.3 Å². The maximum absolute atomic E-state index is 13.0. The topological polar surface area (TPSA) is 187 Å². The number of nitrogens with two attached hydrogens (primary N) is 1. The molecule has 2 aromatic carbocycles. The summed E-state index contributed by atoms with van der Waals surface area (Å²) >= 11 is 0. The van der Waals surface area contributed by atoms with Gasteiger partial charge >= 0.3 is 5.97 Å². The molecule has 0 aliphatic carbocycles. The highest BCUT2D eigenvalue weighted by molar-refractivity contribution is 5.93. The van der Waals surface area contributed by atoms with Gasteiger partial charge in [-0.15, -0.1) is 0 Å². The number of amides is 3. The van der Waals surface area contributed by atoms with E-state index in [2.05, 4.69) is 20.9 Å². The van der Waals surface area contributed by atoms with E-state index < -0.39 is 54.5 Å². The van der Waals surface area contributed by atoms with Gasteiger partial charge in [-0.1, -0.05) is 48.5 Å². The Morgan fingerprint density at radius 3 is 2.27 bits per heavy atom. The molecule has 0 spiro atoms. The Morgan fingerprint density at radius 1 is 0.919 bits per heavy atom. The monoisotopic (exact) mass is 509 g/mol. The number of aromatic nitrogens is 1. The lowest BCUT2D eigenvalue weighted by atomic mass is 10.0. The molecule has 11 heteroatoms. The number of para-hydroxylation sites is 1. The average Bonchev–Trinajstić information content (AvgIpc) is 3.29. The third-order valence-electron chi connectivity index (χ3n) is 5.89. The first-order valence-electron chi connectivity index (χ1n) is 11.8. The Bertz CT molecular complexity index is 1240. The number of carbonyl (C=O) groups is 4. The number of fused-ring (bicyclic) bond motifs is 1. The van der Waals surface area contributed by atoms with Gasteiger partial charge in [0.2, 0.25) is 17.7 Å². The van der Waals surface area contributed by atoms with Crippen molar-refractivity contribution in [3.63, 3.8) is 0 Å². The van der Waals surface area contributed by atoms with Crippen molar-refractivity contribution in [3.8, 4) is 0 Å². The molecule has 0 bridgehead atoms. The average molecular weight is 510 g/mol. The summed E-state index contributed by atoms with van der Waals surface area (Å²) in [5, 5.41) is 27.4. The smallest absolute Gasteiger partial charge is 0.326 e. The summed E-state index contributed by atoms with van der Waals surface area (Å²) in [6.07, 6.45) is 0.743. The summed E-state index contributed by atoms with van der Waals surface area (Å²) in [6.45, 7) is 0.859. The standard InChI is InChI=1S/C26H31N5O6/c1-15(32)23(27)25(35)31-20(12-17-13-28-19-10-6-5-9-18(17)19)24(34)29-14-22(33)30-21(26(36)37)11-16-7-3-2-4-8-16/h2-10,13,15,20-21,23,28,32H,11-12,14,27H2,1H3,(H,29,34)(H,30,33)(H,31,35)(H,36,37). The highest BCUT2D eigenvalue weighted by Gasteiger charge is 2.28. The first kappa shape index (κ1) is 27.4. The summed E-state index contributed by atoms with van der Waals surface area (Å²) in [7, 11) is 0. The van der Waals surface area contributed by atoms with E-state index in [9.17, 15) is 29.4 Å². The van der Waals surface area contributed by atoms with Crippen LogP contribution in [0, 0.1) is 0 Å². The van der Waals surface area contributed by atoms with Crippen LogP contribution in [-0.2, 0) is 32.0 Å². The van der Waals surface area contributed by atoms with E-state index in [-0.39, 0.29) is 12.8 Å². The number of carboxylic acids is 1. The zero-order chi connectivity index (χ0) is 26.9. The molecule has 0 radical (unpaired) electrons. The third kappa shape index (κ3) is 7.63. The van der Waals surface area contributed by atoms with Gasteiger partial charge in [0.05, 0.1) is 12.6 Å². The van der Waals surface area contributed by atoms with Crippen LogP contribution in [0.1, 0.15) is 18.1 Å². The van der Waals surface area contributed by atoms with E-state index in [0.29, 0.717) is 0 Å². The molecular weight excluding hydrogens is 478 g/mol. The van der Waals surface area contributed by atoms with E-state index >= 15 is 0 Å². The molecule has 3 rings (SSSR count). The van der Waals surface area contributed by atoms with Gasteiger partial charge in [-0.3, -0.25) is 14.4 Å². The molecule has 196 valence electrons. The first-order valence-corrected chi connectivity index (χ1v) is 11.8. The molecular formula is C26H31N5O6. The Balaban J connectivity index is 1.67. The third-order valence-corrected chi connectivity index (χ3v) is 5.89. The van der Waals surface area contributed by atoms with Crippen molar-refractivity contribution in [3.05, 3.63) is 71.9 Å². The number of nitrogens with one attached hydrogen (secondary N) is 4. The lowest BCUT2D eigenvalue weighted by Gasteiger charge is -2.22. The normalized spacial score (nSPS) is 14.2. The van der Waals surface area contributed by atoms with Crippen LogP contribution in [-0.4, -0.2) is 69.7 Å². The number of aliphatic carboxylic acids is 1. The number of rotatable bonds is 12. The molecule has 0 aliphatic heterocycles. The Morgan fingerprint density at radius 2 is 1.59 bits per heavy atom. The highest BCUT2D eigenvalue weighted by atomic mass is 16.4. The van der Waals surface area contributed by atoms with Crippen LogP contribution in [0.25, 0.3) is 10.9 Å². The van der Waals surface area contributed by atoms with Crippen molar-refractivity contribution in [1.29, 1.82) is 0 Å². The van der Waals surface area contributed by atoms with E-state index in [1.54, 1.807) is 36.5 Å². The summed E-state index contributed by atoms with van der Waals surface area (Å²) in [6, 6.07) is 12.7. The fourth-order valence-electron chi connectivity index (χ4n) is 3.80. The maximum atomic E-state index is 13.0. The molecule has 3 amide bonds. The lowest BCUT2D eigenvalue weighted by Crippen LogP contribution is -2.56. The predicted octanol–water partition coefficient (Wildman–Crippen LogP) is -0.168. The van der Waals surface area contributed by atoms with Crippen molar-refractivity contribution in [2.75, 3.05) is 6.54 Å². The second-order valence-corrected chi connectivity index (χ2v) is 8.76. The number of hydrogen-bond donors (Lipinski definition) is 7. The van der Waals surface area contributed by atoms with E-state index in [1.165, 1.54) is 6.92 Å². The minimum Gasteiger partial charge on any atom is -0.480 e. The number of aliphatic hydroxyl groups is 1. The first-order chi connectivity index (χ1) is 17.7. The number of carbonyl (C=O) groups excluding carboxylic acids is 3. The van der Waals surface area contributed by atoms with Gasteiger partial charge in [0.15, 0.2) is 0 Å². The molecule has 1 aromatic heterocycles. The van der Waals surface area contributed by atoms with Gasteiger partial charge in [0, 0.05) is 29.9 Å². The molecule has 4 unspecified atom stereocenters. The quantitative estimate of drug-likeness (QED) is 0.177. The van der Waals surface area contributed by atoms with Crippen molar-refractivity contribution in [2.45, 2.75) is 44.0 Å². The van der Waals surface area contributed by atoms with Crippen LogP contribution in [0.3, 0.4) is 0 Å². The number of aromatic amines is 1. The molecule has 0 aliphatic rings. The Kier molecular flexibility index (Phi) is 9.36. The van der Waals surface area contributed by atoms with Crippen LogP contribution in [0.4, 0.5) is 0 Å². The molecule has 0 saturated heterocycles. The second kappa shape index (κ2) is 12.7. The largest absolute Gasteiger partial charge is 0.480 e. The number of carboxylic acid groups (broad SMARTS) is 1. The van der Waals surface area contributed by atoms with Crippen LogP contribution < -0.4 is 21.7 Å². The fraction of sp³-hybridized carbons (Fsp3) is 0.308. The molecule has 1 heterocycles. The Labute approximate surface area is 213 Å². The van der Waals surface area contributed by atoms with Crippen LogP contribution in [0.15, 0.2) is 60.8 Å². The van der Waals surface area contributed by atoms with Gasteiger partial charge in [0.25, 0.3) is 0 Å². The maximum Gasteiger partial charge on any atom is 0.326 e. The van der Waals surface area contributed by atoms with Gasteiger partial charge < -0.3 is 36.9 Å². The lowest BCUT2D eigenvalue weighted by molar-refractivity contribution is -0.141. The summed E-state index contributed by atoms with van der Waals surface area (Å²) in [4.78, 5) is 52.7. The van der Waals surface area contributed by atoms with Crippen LogP contribution in [0.5, 0.6) is 0 Å². The number of H-pyrrole nitrogens is 1. The molecule has 37 heavy (non-hydrogen) atoms. The SMILES string of the molecule is CC(O)C(N)C(=O)NC(Cc1c[nH]c2ccccc12)C(=O)NCC(=O)NC(Cc1ccccc1)C(=O)O. The zero-order valence-electron chi connectivity index (χ0n) is 20.3. The molecule has 3 aromatic rings. The van der Waals surface area contributed by atoms with Gasteiger partial charge in [-0.05, 0) is 24.1 Å². The number of hydrogen-bond acceptors (Lipinski definition) is 6. The fourth-order valence-corrected chi connectivity index (χ4v) is 3.80. The molecule has 11 nitrogen and oxygen atoms in total. The highest BCUT2D eigenvalue weighted by Crippen LogP contribution is 2.19. The van der Waals surface area contributed by atoms with Gasteiger partial charge in [0.1, 0.15) is 18.1 Å².